The highest BCUT2D eigenvalue weighted by atomic mass is 79.9. The zero-order valence-corrected chi connectivity index (χ0v) is 19.2. The summed E-state index contributed by atoms with van der Waals surface area (Å²) in [5.74, 6) is -0.269. The van der Waals surface area contributed by atoms with Gasteiger partial charge in [-0.3, -0.25) is 9.59 Å². The Morgan fingerprint density at radius 3 is 2.30 bits per heavy atom. The summed E-state index contributed by atoms with van der Waals surface area (Å²) in [7, 11) is 0. The summed E-state index contributed by atoms with van der Waals surface area (Å²) in [6, 6.07) is 30.2. The Kier molecular flexibility index (Phi) is 5.71. The lowest BCUT2D eigenvalue weighted by atomic mass is 9.96. The zero-order chi connectivity index (χ0) is 22.8. The third-order valence-corrected chi connectivity index (χ3v) is 6.12. The molecule has 0 saturated heterocycles. The molecule has 1 amide bonds. The van der Waals surface area contributed by atoms with Crippen LogP contribution in [0.2, 0.25) is 0 Å². The van der Waals surface area contributed by atoms with Crippen LogP contribution in [0.4, 0.5) is 5.69 Å². The van der Waals surface area contributed by atoms with Crippen molar-refractivity contribution in [1.82, 2.24) is 4.98 Å². The number of ketones is 1. The summed E-state index contributed by atoms with van der Waals surface area (Å²) in [6.07, 6.45) is 0.236. The largest absolute Gasteiger partial charge is 0.320 e. The van der Waals surface area contributed by atoms with Crippen LogP contribution in [0, 0.1) is 0 Å². The molecule has 4 aromatic carbocycles. The maximum absolute atomic E-state index is 13.0. The van der Waals surface area contributed by atoms with E-state index in [9.17, 15) is 9.59 Å². The minimum absolute atomic E-state index is 0.0207. The van der Waals surface area contributed by atoms with Crippen molar-refractivity contribution in [2.24, 2.45) is 0 Å². The lowest BCUT2D eigenvalue weighted by Gasteiger charge is -2.13. The van der Waals surface area contributed by atoms with Crippen molar-refractivity contribution in [3.63, 3.8) is 0 Å². The van der Waals surface area contributed by atoms with Crippen LogP contribution in [0.3, 0.4) is 0 Å². The average Bonchev–Trinajstić information content (AvgIpc) is 2.84. The maximum atomic E-state index is 13.0. The first-order valence-corrected chi connectivity index (χ1v) is 11.3. The van der Waals surface area contributed by atoms with Gasteiger partial charge in [0.15, 0.2) is 5.78 Å². The maximum Gasteiger partial charge on any atom is 0.274 e. The molecule has 4 nitrogen and oxygen atoms in total. The zero-order valence-electron chi connectivity index (χ0n) is 17.6. The Bertz CT molecular complexity index is 1500. The van der Waals surface area contributed by atoms with Crippen LogP contribution in [0.1, 0.15) is 26.4 Å². The third kappa shape index (κ3) is 4.41. The molecular formula is C28H19BrN2O2. The summed E-state index contributed by atoms with van der Waals surface area (Å²) in [5, 5.41) is 5.81. The van der Waals surface area contributed by atoms with Crippen LogP contribution in [0.15, 0.2) is 102 Å². The summed E-state index contributed by atoms with van der Waals surface area (Å²) >= 11 is 3.40. The fourth-order valence-electron chi connectivity index (χ4n) is 3.96. The molecule has 0 bridgehead atoms. The van der Waals surface area contributed by atoms with Gasteiger partial charge < -0.3 is 5.32 Å². The molecule has 1 N–H and O–H groups in total. The summed E-state index contributed by atoms with van der Waals surface area (Å²) in [4.78, 5) is 30.5. The van der Waals surface area contributed by atoms with Crippen LogP contribution in [0.5, 0.6) is 0 Å². The Balaban J connectivity index is 1.48. The van der Waals surface area contributed by atoms with Crippen molar-refractivity contribution in [3.8, 4) is 0 Å². The number of fused-ring (bicyclic) bond motifs is 2. The predicted octanol–water partition coefficient (Wildman–Crippen LogP) is 6.83. The van der Waals surface area contributed by atoms with Crippen LogP contribution in [-0.2, 0) is 6.42 Å². The van der Waals surface area contributed by atoms with Gasteiger partial charge in [-0.1, -0.05) is 82.7 Å². The van der Waals surface area contributed by atoms with Gasteiger partial charge in [-0.05, 0) is 41.3 Å². The number of halogens is 1. The number of hydrogen-bond acceptors (Lipinski definition) is 3. The molecule has 0 aliphatic heterocycles. The summed E-state index contributed by atoms with van der Waals surface area (Å²) < 4.78 is 0.927. The topological polar surface area (TPSA) is 59.1 Å². The van der Waals surface area contributed by atoms with Crippen molar-refractivity contribution in [2.45, 2.75) is 6.42 Å². The molecule has 5 rings (SSSR count). The molecule has 0 aliphatic carbocycles. The Morgan fingerprint density at radius 2 is 1.48 bits per heavy atom. The number of nitrogens with zero attached hydrogens (tertiary/aromatic N) is 1. The van der Waals surface area contributed by atoms with E-state index in [1.807, 2.05) is 91.0 Å². The third-order valence-electron chi connectivity index (χ3n) is 5.59. The van der Waals surface area contributed by atoms with Crippen molar-refractivity contribution in [3.05, 3.63) is 118 Å². The second-order valence-electron chi connectivity index (χ2n) is 7.77. The Hall–Kier alpha value is -3.83. The smallest absolute Gasteiger partial charge is 0.274 e. The predicted molar refractivity (Wildman–Crippen MR) is 136 cm³/mol. The van der Waals surface area contributed by atoms with Gasteiger partial charge in [-0.25, -0.2) is 4.98 Å². The first-order valence-electron chi connectivity index (χ1n) is 10.5. The van der Waals surface area contributed by atoms with Gasteiger partial charge in [0.05, 0.1) is 5.52 Å². The molecule has 0 unspecified atom stereocenters. The number of anilines is 1. The molecule has 5 aromatic rings. The van der Waals surface area contributed by atoms with E-state index in [1.165, 1.54) is 0 Å². The number of aromatic nitrogens is 1. The fourth-order valence-corrected chi connectivity index (χ4v) is 4.22. The number of para-hydroxylation sites is 1. The van der Waals surface area contributed by atoms with Crippen molar-refractivity contribution < 1.29 is 9.59 Å². The quantitative estimate of drug-likeness (QED) is 0.272. The van der Waals surface area contributed by atoms with E-state index in [1.54, 1.807) is 6.07 Å². The van der Waals surface area contributed by atoms with Crippen molar-refractivity contribution in [2.75, 3.05) is 5.32 Å². The van der Waals surface area contributed by atoms with Gasteiger partial charge >= 0.3 is 0 Å². The van der Waals surface area contributed by atoms with E-state index in [0.29, 0.717) is 16.9 Å². The van der Waals surface area contributed by atoms with Gasteiger partial charge in [0.25, 0.3) is 5.91 Å². The number of benzene rings is 4. The van der Waals surface area contributed by atoms with Gasteiger partial charge in [-0.15, -0.1) is 0 Å². The number of carbonyl (C=O) groups excluding carboxylic acids is 2. The van der Waals surface area contributed by atoms with Gasteiger partial charge in [0.1, 0.15) is 5.69 Å². The van der Waals surface area contributed by atoms with Gasteiger partial charge in [0.2, 0.25) is 0 Å². The molecule has 5 heteroatoms. The first kappa shape index (κ1) is 21.0. The second kappa shape index (κ2) is 8.96. The monoisotopic (exact) mass is 494 g/mol. The number of amides is 1. The number of hydrogen-bond donors (Lipinski definition) is 1. The van der Waals surface area contributed by atoms with Gasteiger partial charge in [0, 0.05) is 32.9 Å². The minimum Gasteiger partial charge on any atom is -0.320 e. The molecule has 160 valence electrons. The molecule has 1 heterocycles. The normalized spacial score (nSPS) is 10.9. The summed E-state index contributed by atoms with van der Waals surface area (Å²) in [5.41, 5.74) is 3.28. The number of rotatable bonds is 5. The lowest BCUT2D eigenvalue weighted by Crippen LogP contribution is -2.14. The molecule has 0 saturated carbocycles. The first-order chi connectivity index (χ1) is 16.1. The van der Waals surface area contributed by atoms with Gasteiger partial charge in [-0.2, -0.15) is 0 Å². The van der Waals surface area contributed by atoms with Crippen molar-refractivity contribution >= 4 is 55.0 Å². The molecule has 0 atom stereocenters. The van der Waals surface area contributed by atoms with Crippen LogP contribution in [0.25, 0.3) is 21.7 Å². The number of nitrogens with one attached hydrogen (secondary N) is 1. The molecule has 0 spiro atoms. The van der Waals surface area contributed by atoms with Crippen LogP contribution >= 0.6 is 15.9 Å². The van der Waals surface area contributed by atoms with Crippen molar-refractivity contribution in [1.29, 1.82) is 0 Å². The molecule has 33 heavy (non-hydrogen) atoms. The average molecular weight is 495 g/mol. The highest BCUT2D eigenvalue weighted by molar-refractivity contribution is 9.10. The minimum atomic E-state index is -0.290. The second-order valence-corrected chi connectivity index (χ2v) is 8.69. The highest BCUT2D eigenvalue weighted by Gasteiger charge is 2.15. The van der Waals surface area contributed by atoms with E-state index in [0.717, 1.165) is 31.7 Å². The Morgan fingerprint density at radius 1 is 0.758 bits per heavy atom. The van der Waals surface area contributed by atoms with E-state index in [2.05, 4.69) is 26.2 Å². The van der Waals surface area contributed by atoms with E-state index in [4.69, 9.17) is 0 Å². The summed E-state index contributed by atoms with van der Waals surface area (Å²) in [6.45, 7) is 0. The van der Waals surface area contributed by atoms with Crippen LogP contribution < -0.4 is 5.32 Å². The van der Waals surface area contributed by atoms with Crippen LogP contribution in [-0.4, -0.2) is 16.7 Å². The number of pyridine rings is 1. The highest BCUT2D eigenvalue weighted by Crippen LogP contribution is 2.29. The SMILES string of the molecule is O=C(Cc1cccc2cccc(NC(=O)c3ccc4ccccc4n3)c12)c1ccc(Br)cc1. The molecular weight excluding hydrogens is 476 g/mol. The van der Waals surface area contributed by atoms with E-state index < -0.39 is 0 Å². The molecule has 0 aliphatic rings. The van der Waals surface area contributed by atoms with E-state index >= 15 is 0 Å². The molecule has 1 aromatic heterocycles. The fraction of sp³-hybridized carbons (Fsp3) is 0.0357. The lowest BCUT2D eigenvalue weighted by molar-refractivity contribution is 0.0991. The standard InChI is InChI=1S/C28H19BrN2O2/c29-22-14-11-19(12-15-22)26(32)17-21-8-3-6-20-7-4-10-24(27(20)21)31-28(33)25-16-13-18-5-1-2-9-23(18)30-25/h1-16H,17H2,(H,31,33). The number of carbonyl (C=O) groups is 2. The molecule has 0 fully saturated rings. The van der Waals surface area contributed by atoms with E-state index in [-0.39, 0.29) is 18.1 Å². The number of Topliss-reactive ketones (excluding diaryl/α,β-unsaturated/α-hetero) is 1. The molecule has 0 radical (unpaired) electrons. The Labute approximate surface area is 199 Å².